The molecular formula is C42H39BrN2O2. The molecule has 0 aliphatic carbocycles. The summed E-state index contributed by atoms with van der Waals surface area (Å²) in [5.41, 5.74) is 14.8. The van der Waals surface area contributed by atoms with Crippen LogP contribution in [0.4, 0.5) is 17.1 Å². The first-order chi connectivity index (χ1) is 22.8. The average molecular weight is 684 g/mol. The third-order valence-corrected chi connectivity index (χ3v) is 8.84. The van der Waals surface area contributed by atoms with Gasteiger partial charge in [-0.1, -0.05) is 113 Å². The minimum Gasteiger partial charge on any atom is -0.455 e. The summed E-state index contributed by atoms with van der Waals surface area (Å²) in [6.45, 7) is 8.76. The van der Waals surface area contributed by atoms with E-state index in [2.05, 4.69) is 122 Å². The van der Waals surface area contributed by atoms with E-state index in [1.54, 1.807) is 0 Å². The zero-order chi connectivity index (χ0) is 32.9. The van der Waals surface area contributed by atoms with Gasteiger partial charge in [-0.3, -0.25) is 0 Å². The fourth-order valence-electron chi connectivity index (χ4n) is 5.55. The SMILES string of the molecule is Brc1cccc2c1oc1ccccc12.CC(C)c1ccc(N)cc1.CC(C)c1ccc(Nc2cccc3c2oc2ccccc23)cc1. The van der Waals surface area contributed by atoms with E-state index in [9.17, 15) is 0 Å². The Hall–Kier alpha value is -5.00. The largest absolute Gasteiger partial charge is 0.455 e. The molecule has 0 saturated heterocycles. The van der Waals surface area contributed by atoms with Crippen LogP contribution in [0.2, 0.25) is 0 Å². The first kappa shape index (κ1) is 32.0. The molecule has 236 valence electrons. The van der Waals surface area contributed by atoms with Gasteiger partial charge in [0, 0.05) is 32.9 Å². The number of para-hydroxylation sites is 4. The minimum atomic E-state index is 0.544. The third-order valence-electron chi connectivity index (χ3n) is 8.22. The van der Waals surface area contributed by atoms with Crippen LogP contribution in [0.5, 0.6) is 0 Å². The monoisotopic (exact) mass is 682 g/mol. The van der Waals surface area contributed by atoms with E-state index in [1.165, 1.54) is 16.5 Å². The fourth-order valence-corrected chi connectivity index (χ4v) is 5.99. The van der Waals surface area contributed by atoms with Gasteiger partial charge in [-0.05, 0) is 87.4 Å². The molecule has 0 fully saturated rings. The summed E-state index contributed by atoms with van der Waals surface area (Å²) in [6.07, 6.45) is 0. The molecule has 0 atom stereocenters. The van der Waals surface area contributed by atoms with E-state index in [-0.39, 0.29) is 0 Å². The lowest BCUT2D eigenvalue weighted by Gasteiger charge is -2.09. The van der Waals surface area contributed by atoms with Crippen molar-refractivity contribution in [2.75, 3.05) is 11.1 Å². The number of hydrogen-bond acceptors (Lipinski definition) is 4. The normalized spacial score (nSPS) is 11.1. The lowest BCUT2D eigenvalue weighted by Crippen LogP contribution is -1.92. The van der Waals surface area contributed by atoms with E-state index in [4.69, 9.17) is 14.6 Å². The molecule has 5 heteroatoms. The van der Waals surface area contributed by atoms with Gasteiger partial charge in [0.15, 0.2) is 5.58 Å². The Kier molecular flexibility index (Phi) is 9.65. The van der Waals surface area contributed by atoms with Crippen molar-refractivity contribution < 1.29 is 8.83 Å². The van der Waals surface area contributed by atoms with Gasteiger partial charge >= 0.3 is 0 Å². The van der Waals surface area contributed by atoms with Crippen molar-refractivity contribution in [2.45, 2.75) is 39.5 Å². The third kappa shape index (κ3) is 7.21. The number of halogens is 1. The number of nitrogen functional groups attached to an aromatic ring is 1. The van der Waals surface area contributed by atoms with Gasteiger partial charge in [0.25, 0.3) is 0 Å². The Bertz CT molecular complexity index is 2240. The van der Waals surface area contributed by atoms with Crippen molar-refractivity contribution in [2.24, 2.45) is 0 Å². The van der Waals surface area contributed by atoms with Crippen LogP contribution in [0, 0.1) is 0 Å². The molecule has 8 rings (SSSR count). The summed E-state index contributed by atoms with van der Waals surface area (Å²) in [5, 5.41) is 8.11. The van der Waals surface area contributed by atoms with Gasteiger partial charge < -0.3 is 19.9 Å². The molecule has 0 saturated carbocycles. The standard InChI is InChI=1S/C21H19NO.C12H7BrO.C9H13N/c1-14(2)15-10-12-16(13-11-15)22-19-8-5-7-18-17-6-3-4-9-20(17)23-21(18)19;13-10-6-3-5-9-8-4-1-2-7-11(8)14-12(9)10;1-7(2)8-3-5-9(10)6-4-8/h3-14,22H,1-2H3;1-7H;3-7H,10H2,1-2H3. The number of rotatable bonds is 4. The quantitative estimate of drug-likeness (QED) is 0.181. The molecule has 0 aliphatic rings. The molecule has 6 aromatic carbocycles. The molecule has 3 N–H and O–H groups in total. The smallest absolute Gasteiger partial charge is 0.158 e. The predicted molar refractivity (Wildman–Crippen MR) is 204 cm³/mol. The number of benzene rings is 6. The van der Waals surface area contributed by atoms with Crippen LogP contribution in [0.15, 0.2) is 147 Å². The van der Waals surface area contributed by atoms with Gasteiger partial charge in [-0.2, -0.15) is 0 Å². The summed E-state index contributed by atoms with van der Waals surface area (Å²) >= 11 is 3.48. The van der Waals surface area contributed by atoms with Gasteiger partial charge in [0.05, 0.1) is 10.2 Å². The number of fused-ring (bicyclic) bond motifs is 6. The first-order valence-electron chi connectivity index (χ1n) is 16.0. The van der Waals surface area contributed by atoms with Crippen molar-refractivity contribution in [3.05, 3.63) is 149 Å². The van der Waals surface area contributed by atoms with Crippen LogP contribution in [0.1, 0.15) is 50.7 Å². The van der Waals surface area contributed by atoms with E-state index in [1.807, 2.05) is 60.7 Å². The molecule has 0 aliphatic heterocycles. The highest BCUT2D eigenvalue weighted by Crippen LogP contribution is 2.35. The van der Waals surface area contributed by atoms with Crippen molar-refractivity contribution in [3.8, 4) is 0 Å². The Morgan fingerprint density at radius 1 is 0.511 bits per heavy atom. The molecule has 2 aromatic heterocycles. The Labute approximate surface area is 284 Å². The molecule has 0 radical (unpaired) electrons. The molecule has 47 heavy (non-hydrogen) atoms. The van der Waals surface area contributed by atoms with Crippen LogP contribution >= 0.6 is 15.9 Å². The lowest BCUT2D eigenvalue weighted by molar-refractivity contribution is 0.667. The second kappa shape index (κ2) is 14.2. The number of nitrogens with two attached hydrogens (primary N) is 1. The van der Waals surface area contributed by atoms with Gasteiger partial charge in [0.2, 0.25) is 0 Å². The Morgan fingerprint density at radius 2 is 0.979 bits per heavy atom. The molecule has 8 aromatic rings. The molecule has 4 nitrogen and oxygen atoms in total. The van der Waals surface area contributed by atoms with Crippen molar-refractivity contribution in [1.82, 2.24) is 0 Å². The number of nitrogens with one attached hydrogen (secondary N) is 1. The van der Waals surface area contributed by atoms with Crippen molar-refractivity contribution >= 4 is 76.9 Å². The molecular weight excluding hydrogens is 644 g/mol. The lowest BCUT2D eigenvalue weighted by atomic mass is 10.0. The second-order valence-corrected chi connectivity index (χ2v) is 13.1. The summed E-state index contributed by atoms with van der Waals surface area (Å²) in [4.78, 5) is 0. The van der Waals surface area contributed by atoms with Gasteiger partial charge in [-0.15, -0.1) is 0 Å². The molecule has 2 heterocycles. The maximum absolute atomic E-state index is 6.06. The molecule has 0 bridgehead atoms. The summed E-state index contributed by atoms with van der Waals surface area (Å²) in [5.74, 6) is 1.14. The van der Waals surface area contributed by atoms with E-state index in [0.29, 0.717) is 11.8 Å². The van der Waals surface area contributed by atoms with E-state index in [0.717, 1.165) is 60.0 Å². The highest BCUT2D eigenvalue weighted by atomic mass is 79.9. The maximum Gasteiger partial charge on any atom is 0.158 e. The second-order valence-electron chi connectivity index (χ2n) is 12.2. The summed E-state index contributed by atoms with van der Waals surface area (Å²) in [6, 6.07) is 45.2. The van der Waals surface area contributed by atoms with Crippen LogP contribution in [0.3, 0.4) is 0 Å². The number of anilines is 3. The van der Waals surface area contributed by atoms with Crippen LogP contribution < -0.4 is 11.1 Å². The van der Waals surface area contributed by atoms with E-state index < -0.39 is 0 Å². The molecule has 0 spiro atoms. The topological polar surface area (TPSA) is 64.3 Å². The summed E-state index contributed by atoms with van der Waals surface area (Å²) < 4.78 is 12.8. The maximum atomic E-state index is 6.06. The Balaban J connectivity index is 0.000000137. The number of hydrogen-bond donors (Lipinski definition) is 2. The van der Waals surface area contributed by atoms with Crippen molar-refractivity contribution in [1.29, 1.82) is 0 Å². The van der Waals surface area contributed by atoms with Crippen molar-refractivity contribution in [3.63, 3.8) is 0 Å². The number of furan rings is 2. The first-order valence-corrected chi connectivity index (χ1v) is 16.8. The highest BCUT2D eigenvalue weighted by molar-refractivity contribution is 9.10. The fraction of sp³-hybridized carbons (Fsp3) is 0.143. The average Bonchev–Trinajstić information content (AvgIpc) is 3.66. The summed E-state index contributed by atoms with van der Waals surface area (Å²) in [7, 11) is 0. The molecule has 0 unspecified atom stereocenters. The van der Waals surface area contributed by atoms with Crippen LogP contribution in [0.25, 0.3) is 43.9 Å². The van der Waals surface area contributed by atoms with E-state index >= 15 is 0 Å². The molecule has 0 amide bonds. The highest BCUT2D eigenvalue weighted by Gasteiger charge is 2.11. The predicted octanol–water partition coefficient (Wildman–Crippen LogP) is 13.2. The van der Waals surface area contributed by atoms with Gasteiger partial charge in [-0.25, -0.2) is 0 Å². The zero-order valence-corrected chi connectivity index (χ0v) is 28.7. The van der Waals surface area contributed by atoms with Crippen LogP contribution in [-0.4, -0.2) is 0 Å². The minimum absolute atomic E-state index is 0.544. The Morgan fingerprint density at radius 3 is 1.55 bits per heavy atom. The zero-order valence-electron chi connectivity index (χ0n) is 27.1. The van der Waals surface area contributed by atoms with Gasteiger partial charge in [0.1, 0.15) is 16.7 Å². The van der Waals surface area contributed by atoms with Crippen LogP contribution in [-0.2, 0) is 0 Å².